The highest BCUT2D eigenvalue weighted by molar-refractivity contribution is 7.99. The van der Waals surface area contributed by atoms with Gasteiger partial charge in [0.05, 0.1) is 12.0 Å². The highest BCUT2D eigenvalue weighted by Crippen LogP contribution is 2.19. The van der Waals surface area contributed by atoms with E-state index in [9.17, 15) is 4.79 Å². The molecular formula is C21H21N7OS. The number of hydrogen-bond acceptors (Lipinski definition) is 6. The maximum Gasteiger partial charge on any atom is 0.240 e. The predicted molar refractivity (Wildman–Crippen MR) is 121 cm³/mol. The lowest BCUT2D eigenvalue weighted by molar-refractivity contribution is -0.113. The van der Waals surface area contributed by atoms with Gasteiger partial charge in [-0.15, -0.1) is 5.10 Å². The van der Waals surface area contributed by atoms with Crippen LogP contribution in [0.5, 0.6) is 0 Å². The molecule has 0 saturated heterocycles. The Kier molecular flexibility index (Phi) is 5.80. The molecular weight excluding hydrogens is 398 g/mol. The molecule has 0 unspecified atom stereocenters. The van der Waals surface area contributed by atoms with Crippen molar-refractivity contribution in [3.63, 3.8) is 0 Å². The molecule has 8 nitrogen and oxygen atoms in total. The van der Waals surface area contributed by atoms with Gasteiger partial charge in [-0.1, -0.05) is 47.7 Å². The molecule has 0 bridgehead atoms. The summed E-state index contributed by atoms with van der Waals surface area (Å²) in [7, 11) is 0. The van der Waals surface area contributed by atoms with E-state index in [0.717, 1.165) is 33.3 Å². The largest absolute Gasteiger partial charge is 0.361 e. The highest BCUT2D eigenvalue weighted by atomic mass is 32.2. The van der Waals surface area contributed by atoms with E-state index < -0.39 is 0 Å². The van der Waals surface area contributed by atoms with Crippen molar-refractivity contribution in [1.29, 1.82) is 0 Å². The Morgan fingerprint density at radius 1 is 1.23 bits per heavy atom. The van der Waals surface area contributed by atoms with E-state index in [2.05, 4.69) is 36.0 Å². The number of hydrazone groups is 1. The molecule has 0 aliphatic heterocycles. The van der Waals surface area contributed by atoms with Gasteiger partial charge in [-0.05, 0) is 31.5 Å². The van der Waals surface area contributed by atoms with Crippen LogP contribution in [0.4, 0.5) is 11.6 Å². The number of aryl methyl sites for hydroxylation is 2. The minimum absolute atomic E-state index is 0.108. The van der Waals surface area contributed by atoms with Gasteiger partial charge in [0.15, 0.2) is 0 Å². The molecule has 0 aliphatic rings. The summed E-state index contributed by atoms with van der Waals surface area (Å²) in [5.74, 6) is 0.510. The number of amides is 1. The SMILES string of the molecule is Cc1ccc(NC(=O)CSc2n[nH]c(N/N=C/c3c[nH]c4ccccc34)n2)c(C)c1. The van der Waals surface area contributed by atoms with Crippen LogP contribution in [0.2, 0.25) is 0 Å². The van der Waals surface area contributed by atoms with Gasteiger partial charge in [0, 0.05) is 28.4 Å². The quantitative estimate of drug-likeness (QED) is 0.205. The summed E-state index contributed by atoms with van der Waals surface area (Å²) in [6.45, 7) is 3.99. The average molecular weight is 420 g/mol. The van der Waals surface area contributed by atoms with Crippen LogP contribution in [-0.4, -0.2) is 38.0 Å². The molecule has 0 aliphatic carbocycles. The summed E-state index contributed by atoms with van der Waals surface area (Å²) in [5, 5.41) is 15.5. The van der Waals surface area contributed by atoms with Crippen LogP contribution in [0.1, 0.15) is 16.7 Å². The number of carbonyl (C=O) groups excluding carboxylic acids is 1. The zero-order valence-electron chi connectivity index (χ0n) is 16.6. The number of aromatic amines is 2. The van der Waals surface area contributed by atoms with Gasteiger partial charge in [-0.2, -0.15) is 10.1 Å². The van der Waals surface area contributed by atoms with Crippen LogP contribution in [0.3, 0.4) is 0 Å². The van der Waals surface area contributed by atoms with Crippen LogP contribution in [0.15, 0.2) is 58.9 Å². The molecule has 0 atom stereocenters. The van der Waals surface area contributed by atoms with Crippen LogP contribution in [0.25, 0.3) is 10.9 Å². The molecule has 4 aromatic rings. The summed E-state index contributed by atoms with van der Waals surface area (Å²) in [6, 6.07) is 13.9. The smallest absolute Gasteiger partial charge is 0.240 e. The number of nitrogens with zero attached hydrogens (tertiary/aromatic N) is 3. The monoisotopic (exact) mass is 419 g/mol. The third-order valence-electron chi connectivity index (χ3n) is 4.45. The molecule has 30 heavy (non-hydrogen) atoms. The minimum Gasteiger partial charge on any atom is -0.361 e. The van der Waals surface area contributed by atoms with Crippen molar-refractivity contribution in [2.24, 2.45) is 5.10 Å². The molecule has 4 N–H and O–H groups in total. The van der Waals surface area contributed by atoms with E-state index in [4.69, 9.17) is 0 Å². The first kappa shape index (κ1) is 19.7. The summed E-state index contributed by atoms with van der Waals surface area (Å²) >= 11 is 1.25. The Bertz CT molecular complexity index is 1210. The number of anilines is 2. The fourth-order valence-electron chi connectivity index (χ4n) is 2.99. The van der Waals surface area contributed by atoms with Crippen molar-refractivity contribution in [2.75, 3.05) is 16.5 Å². The number of nitrogens with one attached hydrogen (secondary N) is 4. The minimum atomic E-state index is -0.108. The predicted octanol–water partition coefficient (Wildman–Crippen LogP) is 4.08. The zero-order valence-corrected chi connectivity index (χ0v) is 17.4. The molecule has 2 aromatic heterocycles. The van der Waals surface area contributed by atoms with E-state index in [1.54, 1.807) is 6.21 Å². The molecule has 0 fully saturated rings. The fourth-order valence-corrected chi connectivity index (χ4v) is 3.59. The Morgan fingerprint density at radius 2 is 2.10 bits per heavy atom. The molecule has 152 valence electrons. The van der Waals surface area contributed by atoms with Gasteiger partial charge in [-0.3, -0.25) is 4.79 Å². The second kappa shape index (κ2) is 8.83. The third kappa shape index (κ3) is 4.69. The maximum atomic E-state index is 12.2. The first-order chi connectivity index (χ1) is 14.6. The third-order valence-corrected chi connectivity index (χ3v) is 5.30. The topological polar surface area (TPSA) is 111 Å². The van der Waals surface area contributed by atoms with Gasteiger partial charge in [0.25, 0.3) is 0 Å². The molecule has 9 heteroatoms. The van der Waals surface area contributed by atoms with Crippen LogP contribution in [0, 0.1) is 13.8 Å². The second-order valence-electron chi connectivity index (χ2n) is 6.78. The van der Waals surface area contributed by atoms with Gasteiger partial charge >= 0.3 is 0 Å². The van der Waals surface area contributed by atoms with E-state index >= 15 is 0 Å². The van der Waals surface area contributed by atoms with Crippen molar-refractivity contribution in [1.82, 2.24) is 20.2 Å². The van der Waals surface area contributed by atoms with Crippen molar-refractivity contribution in [3.05, 3.63) is 65.4 Å². The van der Waals surface area contributed by atoms with Crippen LogP contribution < -0.4 is 10.7 Å². The van der Waals surface area contributed by atoms with Crippen LogP contribution in [-0.2, 0) is 4.79 Å². The van der Waals surface area contributed by atoms with Gasteiger partial charge < -0.3 is 10.3 Å². The average Bonchev–Trinajstić information content (AvgIpc) is 3.36. The Morgan fingerprint density at radius 3 is 2.97 bits per heavy atom. The lowest BCUT2D eigenvalue weighted by Gasteiger charge is -2.08. The summed E-state index contributed by atoms with van der Waals surface area (Å²) in [4.78, 5) is 19.7. The normalized spacial score (nSPS) is 11.3. The second-order valence-corrected chi connectivity index (χ2v) is 7.72. The van der Waals surface area contributed by atoms with E-state index in [-0.39, 0.29) is 11.7 Å². The van der Waals surface area contributed by atoms with Gasteiger partial charge in [0.1, 0.15) is 0 Å². The summed E-state index contributed by atoms with van der Waals surface area (Å²) in [6.07, 6.45) is 3.61. The van der Waals surface area contributed by atoms with E-state index in [1.165, 1.54) is 11.8 Å². The number of rotatable bonds is 7. The number of thioether (sulfide) groups is 1. The van der Waals surface area contributed by atoms with Crippen molar-refractivity contribution in [2.45, 2.75) is 19.0 Å². The number of fused-ring (bicyclic) bond motifs is 1. The molecule has 0 spiro atoms. The summed E-state index contributed by atoms with van der Waals surface area (Å²) in [5.41, 5.74) is 7.85. The molecule has 0 radical (unpaired) electrons. The molecule has 2 heterocycles. The first-order valence-electron chi connectivity index (χ1n) is 9.36. The molecule has 1 amide bonds. The standard InChI is InChI=1S/C21H21N7OS/c1-13-7-8-17(14(2)9-13)24-19(29)12-30-21-25-20(27-28-21)26-23-11-15-10-22-18-6-4-3-5-16(15)18/h3-11,22H,12H2,1-2H3,(H,24,29)(H2,25,26,27,28)/b23-11+. The Hall–Kier alpha value is -3.59. The van der Waals surface area contributed by atoms with Crippen LogP contribution >= 0.6 is 11.8 Å². The van der Waals surface area contributed by atoms with E-state index in [0.29, 0.717) is 11.1 Å². The Labute approximate surface area is 177 Å². The molecule has 2 aromatic carbocycles. The number of benzene rings is 2. The van der Waals surface area contributed by atoms with Crippen molar-refractivity contribution < 1.29 is 4.79 Å². The number of aromatic nitrogens is 4. The number of H-pyrrole nitrogens is 2. The zero-order chi connectivity index (χ0) is 20.9. The van der Waals surface area contributed by atoms with Crippen molar-refractivity contribution >= 4 is 46.4 Å². The van der Waals surface area contributed by atoms with Crippen molar-refractivity contribution in [3.8, 4) is 0 Å². The highest BCUT2D eigenvalue weighted by Gasteiger charge is 2.09. The number of carbonyl (C=O) groups is 1. The van der Waals surface area contributed by atoms with Gasteiger partial charge in [0.2, 0.25) is 17.0 Å². The summed E-state index contributed by atoms with van der Waals surface area (Å²) < 4.78 is 0. The number of para-hydroxylation sites is 1. The van der Waals surface area contributed by atoms with E-state index in [1.807, 2.05) is 62.5 Å². The lowest BCUT2D eigenvalue weighted by atomic mass is 10.1. The Balaban J connectivity index is 1.29. The maximum absolute atomic E-state index is 12.2. The number of hydrogen-bond donors (Lipinski definition) is 4. The molecule has 0 saturated carbocycles. The molecule has 4 rings (SSSR count). The fraction of sp³-hybridized carbons (Fsp3) is 0.143. The first-order valence-corrected chi connectivity index (χ1v) is 10.3. The van der Waals surface area contributed by atoms with Gasteiger partial charge in [-0.25, -0.2) is 10.5 Å². The lowest BCUT2D eigenvalue weighted by Crippen LogP contribution is -2.15.